The van der Waals surface area contributed by atoms with Gasteiger partial charge >= 0.3 is 0 Å². The number of nitrogens with zero attached hydrogens (tertiary/aromatic N) is 2. The van der Waals surface area contributed by atoms with E-state index in [2.05, 4.69) is 58.9 Å². The molecule has 0 spiro atoms. The van der Waals surface area contributed by atoms with Gasteiger partial charge < -0.3 is 10.1 Å². The number of nitrogens with one attached hydrogen (secondary N) is 1. The van der Waals surface area contributed by atoms with Gasteiger partial charge in [0, 0.05) is 18.0 Å². The zero-order chi connectivity index (χ0) is 18.2. The van der Waals surface area contributed by atoms with Crippen LogP contribution in [0.2, 0.25) is 0 Å². The average Bonchev–Trinajstić information content (AvgIpc) is 2.96. The molecule has 0 saturated carbocycles. The molecular formula is C22H22ClN3O. The van der Waals surface area contributed by atoms with Crippen LogP contribution in [0.5, 0.6) is 5.75 Å². The minimum Gasteiger partial charge on any atom is -0.489 e. The lowest BCUT2D eigenvalue weighted by atomic mass is 9.88. The quantitative estimate of drug-likeness (QED) is 0.592. The summed E-state index contributed by atoms with van der Waals surface area (Å²) in [5.74, 6) is 2.13. The number of fused-ring (bicyclic) bond motifs is 3. The number of rotatable bonds is 2. The standard InChI is InChI=1S/C22H22ClN3O/c23-22-24-13-18(25-21(26-22)14-6-2-1-3-7-14)15-10-11-17-16-8-4-5-9-19(16)27-20(17)12-15/h1-2,4,6,8,10-12,16,18-19H,3,5,7,9,13H2,(H,24,25,26). The Morgan fingerprint density at radius 1 is 1.19 bits per heavy atom. The Balaban J connectivity index is 1.47. The minimum absolute atomic E-state index is 0.0427. The monoisotopic (exact) mass is 379 g/mol. The molecule has 1 N–H and O–H groups in total. The number of halogens is 1. The molecule has 0 fully saturated rings. The van der Waals surface area contributed by atoms with Gasteiger partial charge in [0.1, 0.15) is 11.9 Å². The third kappa shape index (κ3) is 3.23. The van der Waals surface area contributed by atoms with E-state index in [9.17, 15) is 0 Å². The Morgan fingerprint density at radius 3 is 3.04 bits per heavy atom. The first-order chi connectivity index (χ1) is 13.3. The summed E-state index contributed by atoms with van der Waals surface area (Å²) in [5.41, 5.74) is 3.56. The fourth-order valence-corrected chi connectivity index (χ4v) is 4.37. The first-order valence-corrected chi connectivity index (χ1v) is 10.0. The van der Waals surface area contributed by atoms with Crippen LogP contribution in [-0.2, 0) is 0 Å². The van der Waals surface area contributed by atoms with Crippen LogP contribution in [0, 0.1) is 0 Å². The summed E-state index contributed by atoms with van der Waals surface area (Å²) < 4.78 is 6.24. The molecule has 3 atom stereocenters. The Morgan fingerprint density at radius 2 is 2.15 bits per heavy atom. The van der Waals surface area contributed by atoms with Crippen molar-refractivity contribution in [1.29, 1.82) is 0 Å². The van der Waals surface area contributed by atoms with Gasteiger partial charge in [0.15, 0.2) is 11.1 Å². The third-order valence-electron chi connectivity index (χ3n) is 5.65. The minimum atomic E-state index is -0.0427. The van der Waals surface area contributed by atoms with Crippen molar-refractivity contribution in [3.63, 3.8) is 0 Å². The number of allylic oxidation sites excluding steroid dienone is 4. The van der Waals surface area contributed by atoms with Crippen molar-refractivity contribution >= 4 is 22.7 Å². The summed E-state index contributed by atoms with van der Waals surface area (Å²) in [6, 6.07) is 6.49. The molecule has 27 heavy (non-hydrogen) atoms. The van der Waals surface area contributed by atoms with Crippen LogP contribution in [0.4, 0.5) is 0 Å². The highest BCUT2D eigenvalue weighted by Gasteiger charge is 2.34. The molecule has 2 aliphatic heterocycles. The van der Waals surface area contributed by atoms with Crippen LogP contribution in [0.1, 0.15) is 48.8 Å². The van der Waals surface area contributed by atoms with Crippen LogP contribution >= 0.6 is 11.6 Å². The van der Waals surface area contributed by atoms with E-state index in [4.69, 9.17) is 21.3 Å². The Bertz CT molecular complexity index is 912. The molecule has 4 aliphatic rings. The SMILES string of the molecule is ClC1=NC(C2=CC=CCC2)=NC(c2ccc3c(c2)OC2CCC=CC32)CN1. The predicted octanol–water partition coefficient (Wildman–Crippen LogP) is 4.80. The maximum atomic E-state index is 6.24. The number of ether oxygens (including phenoxy) is 1. The van der Waals surface area contributed by atoms with Crippen LogP contribution in [0.3, 0.4) is 0 Å². The maximum Gasteiger partial charge on any atom is 0.198 e. The van der Waals surface area contributed by atoms with E-state index < -0.39 is 0 Å². The lowest BCUT2D eigenvalue weighted by molar-refractivity contribution is 0.204. The molecule has 5 heteroatoms. The molecule has 1 aromatic rings. The summed E-state index contributed by atoms with van der Waals surface area (Å²) in [6.07, 6.45) is 15.3. The van der Waals surface area contributed by atoms with Gasteiger partial charge in [0.05, 0.1) is 6.04 Å². The predicted molar refractivity (Wildman–Crippen MR) is 110 cm³/mol. The van der Waals surface area contributed by atoms with Crippen molar-refractivity contribution in [2.45, 2.75) is 43.7 Å². The second-order valence-corrected chi connectivity index (χ2v) is 7.75. The number of amidine groups is 2. The van der Waals surface area contributed by atoms with Crippen molar-refractivity contribution in [3.05, 3.63) is 65.3 Å². The molecule has 0 saturated heterocycles. The molecule has 2 aliphatic carbocycles. The molecule has 0 aromatic heterocycles. The zero-order valence-corrected chi connectivity index (χ0v) is 15.8. The molecule has 2 heterocycles. The lowest BCUT2D eigenvalue weighted by Gasteiger charge is -2.18. The van der Waals surface area contributed by atoms with Crippen molar-refractivity contribution in [3.8, 4) is 5.75 Å². The number of hydrogen-bond acceptors (Lipinski definition) is 4. The molecule has 1 aromatic carbocycles. The van der Waals surface area contributed by atoms with E-state index in [0.717, 1.165) is 48.4 Å². The Hall–Kier alpha value is -2.33. The molecule has 0 radical (unpaired) electrons. The van der Waals surface area contributed by atoms with Gasteiger partial charge in [-0.25, -0.2) is 4.99 Å². The second kappa shape index (κ2) is 7.01. The van der Waals surface area contributed by atoms with Gasteiger partial charge in [0.2, 0.25) is 0 Å². The molecule has 0 bridgehead atoms. The molecule has 4 nitrogen and oxygen atoms in total. The highest BCUT2D eigenvalue weighted by molar-refractivity contribution is 6.65. The summed E-state index contributed by atoms with van der Waals surface area (Å²) in [4.78, 5) is 9.43. The summed E-state index contributed by atoms with van der Waals surface area (Å²) in [5, 5.41) is 3.59. The summed E-state index contributed by atoms with van der Waals surface area (Å²) in [7, 11) is 0. The van der Waals surface area contributed by atoms with E-state index >= 15 is 0 Å². The van der Waals surface area contributed by atoms with Crippen molar-refractivity contribution in [2.24, 2.45) is 9.98 Å². The van der Waals surface area contributed by atoms with Crippen molar-refractivity contribution in [1.82, 2.24) is 5.32 Å². The third-order valence-corrected chi connectivity index (χ3v) is 5.86. The highest BCUT2D eigenvalue weighted by Crippen LogP contribution is 2.44. The maximum absolute atomic E-state index is 6.24. The zero-order valence-electron chi connectivity index (χ0n) is 15.1. The van der Waals surface area contributed by atoms with Crippen LogP contribution in [-0.4, -0.2) is 23.8 Å². The normalized spacial score (nSPS) is 28.8. The summed E-state index contributed by atoms with van der Waals surface area (Å²) >= 11 is 6.24. The van der Waals surface area contributed by atoms with E-state index in [-0.39, 0.29) is 12.1 Å². The van der Waals surface area contributed by atoms with Gasteiger partial charge in [0.25, 0.3) is 0 Å². The fraction of sp³-hybridized carbons (Fsp3) is 0.364. The Labute approximate surface area is 164 Å². The van der Waals surface area contributed by atoms with Crippen LogP contribution in [0.15, 0.2) is 64.1 Å². The van der Waals surface area contributed by atoms with Crippen molar-refractivity contribution < 1.29 is 4.74 Å². The number of benzene rings is 1. The average molecular weight is 380 g/mol. The summed E-state index contributed by atoms with van der Waals surface area (Å²) in [6.45, 7) is 0.625. The van der Waals surface area contributed by atoms with Gasteiger partial charge in [-0.15, -0.1) is 0 Å². The molecule has 0 amide bonds. The fourth-order valence-electron chi connectivity index (χ4n) is 4.21. The Kier molecular flexibility index (Phi) is 4.36. The molecule has 3 unspecified atom stereocenters. The lowest BCUT2D eigenvalue weighted by Crippen LogP contribution is -2.22. The van der Waals surface area contributed by atoms with Crippen LogP contribution in [0.25, 0.3) is 0 Å². The van der Waals surface area contributed by atoms with Gasteiger partial charge in [-0.05, 0) is 54.5 Å². The van der Waals surface area contributed by atoms with E-state index in [1.54, 1.807) is 0 Å². The van der Waals surface area contributed by atoms with Gasteiger partial charge in [-0.3, -0.25) is 4.99 Å². The van der Waals surface area contributed by atoms with Crippen LogP contribution < -0.4 is 10.1 Å². The van der Waals surface area contributed by atoms with E-state index in [1.807, 2.05) is 0 Å². The largest absolute Gasteiger partial charge is 0.489 e. The topological polar surface area (TPSA) is 46.0 Å². The first-order valence-electron chi connectivity index (χ1n) is 9.67. The smallest absolute Gasteiger partial charge is 0.198 e. The number of hydrogen-bond donors (Lipinski definition) is 1. The highest BCUT2D eigenvalue weighted by atomic mass is 35.5. The van der Waals surface area contributed by atoms with Crippen molar-refractivity contribution in [2.75, 3.05) is 6.54 Å². The second-order valence-electron chi connectivity index (χ2n) is 7.40. The van der Waals surface area contributed by atoms with E-state index in [0.29, 0.717) is 17.8 Å². The van der Waals surface area contributed by atoms with Gasteiger partial charge in [-0.2, -0.15) is 0 Å². The first kappa shape index (κ1) is 16.8. The van der Waals surface area contributed by atoms with Gasteiger partial charge in [-0.1, -0.05) is 42.5 Å². The number of aliphatic imine (C=N–C) groups is 2. The molecule has 5 rings (SSSR count). The van der Waals surface area contributed by atoms with E-state index in [1.165, 1.54) is 5.56 Å². The molecular weight excluding hydrogens is 358 g/mol. The molecule has 138 valence electrons.